The van der Waals surface area contributed by atoms with E-state index in [0.29, 0.717) is 41.7 Å². The van der Waals surface area contributed by atoms with E-state index in [2.05, 4.69) is 40.2 Å². The number of rotatable bonds is 17. The average molecular weight is 634 g/mol. The third-order valence-corrected chi connectivity index (χ3v) is 6.93. The number of hydrogen-bond donors (Lipinski definition) is 5. The maximum atomic E-state index is 13.8. The number of phosphoric ester groups is 1. The van der Waals surface area contributed by atoms with Crippen LogP contribution >= 0.6 is 7.82 Å². The summed E-state index contributed by atoms with van der Waals surface area (Å²) in [6.07, 6.45) is 3.81. The third-order valence-electron chi connectivity index (χ3n) is 6.41. The molecule has 0 radical (unpaired) electrons. The highest BCUT2D eigenvalue weighted by Gasteiger charge is 2.15. The minimum atomic E-state index is -4.46. The van der Waals surface area contributed by atoms with Gasteiger partial charge in [-0.05, 0) is 56.6 Å². The number of aromatic amines is 1. The van der Waals surface area contributed by atoms with Crippen molar-refractivity contribution in [2.24, 2.45) is 0 Å². The maximum absolute atomic E-state index is 13.8. The molecule has 0 aliphatic carbocycles. The first-order chi connectivity index (χ1) is 21.1. The molecule has 4 aromatic rings. The summed E-state index contributed by atoms with van der Waals surface area (Å²) in [7, 11) is -4.46. The minimum Gasteiger partial charge on any atom is -0.494 e. The van der Waals surface area contributed by atoms with E-state index in [4.69, 9.17) is 14.5 Å². The molecule has 0 unspecified atom stereocenters. The smallest absolute Gasteiger partial charge is 0.469 e. The molecule has 236 valence electrons. The van der Waals surface area contributed by atoms with Crippen LogP contribution < -0.4 is 15.4 Å². The Morgan fingerprint density at radius 3 is 2.70 bits per heavy atom. The topological polar surface area (TPSA) is 175 Å². The maximum Gasteiger partial charge on any atom is 0.469 e. The van der Waals surface area contributed by atoms with E-state index >= 15 is 0 Å². The number of anilines is 3. The third kappa shape index (κ3) is 10.0. The van der Waals surface area contributed by atoms with E-state index in [1.165, 1.54) is 18.5 Å². The highest BCUT2D eigenvalue weighted by molar-refractivity contribution is 7.46. The second kappa shape index (κ2) is 15.6. The Balaban J connectivity index is 1.26. The molecule has 2 heterocycles. The predicted octanol–water partition coefficient (Wildman–Crippen LogP) is 4.54. The average Bonchev–Trinajstić information content (AvgIpc) is 3.41. The monoisotopic (exact) mass is 633 g/mol. The molecule has 13 nitrogen and oxygen atoms in total. The van der Waals surface area contributed by atoms with Gasteiger partial charge in [0.1, 0.15) is 17.9 Å². The molecule has 16 heteroatoms. The fourth-order valence-electron chi connectivity index (χ4n) is 4.40. The Bertz CT molecular complexity index is 1600. The fraction of sp³-hybridized carbons (Fsp3) is 0.357. The van der Waals surface area contributed by atoms with Gasteiger partial charge >= 0.3 is 7.82 Å². The van der Waals surface area contributed by atoms with Crippen LogP contribution in [0.1, 0.15) is 31.9 Å². The van der Waals surface area contributed by atoms with E-state index in [0.717, 1.165) is 43.8 Å². The molecule has 4 rings (SSSR count). The summed E-state index contributed by atoms with van der Waals surface area (Å²) in [5, 5.41) is 13.1. The first-order valence-electron chi connectivity index (χ1n) is 14.0. The minimum absolute atomic E-state index is 0.0324. The molecule has 0 bridgehead atoms. The predicted molar refractivity (Wildman–Crippen MR) is 160 cm³/mol. The molecule has 0 spiro atoms. The van der Waals surface area contributed by atoms with Crippen molar-refractivity contribution in [3.63, 3.8) is 0 Å². The number of benzene rings is 2. The first-order valence-corrected chi connectivity index (χ1v) is 15.5. The van der Waals surface area contributed by atoms with Crippen LogP contribution in [0.4, 0.5) is 26.1 Å². The lowest BCUT2D eigenvalue weighted by Crippen LogP contribution is -2.29. The number of carbonyl (C=O) groups is 1. The lowest BCUT2D eigenvalue weighted by atomic mass is 10.2. The van der Waals surface area contributed by atoms with Gasteiger partial charge in [-0.2, -0.15) is 5.10 Å². The number of aromatic nitrogens is 4. The highest BCUT2D eigenvalue weighted by Crippen LogP contribution is 2.35. The summed E-state index contributed by atoms with van der Waals surface area (Å²) in [6, 6.07) is 10.6. The Morgan fingerprint density at radius 2 is 1.91 bits per heavy atom. The van der Waals surface area contributed by atoms with Gasteiger partial charge in [0, 0.05) is 29.8 Å². The number of H-pyrrole nitrogens is 1. The number of phosphoric acid groups is 1. The lowest BCUT2D eigenvalue weighted by Gasteiger charge is -2.21. The van der Waals surface area contributed by atoms with Gasteiger partial charge < -0.3 is 30.1 Å². The number of unbranched alkanes of at least 4 members (excludes halogenated alkanes) is 1. The quantitative estimate of drug-likeness (QED) is 0.0816. The van der Waals surface area contributed by atoms with E-state index in [9.17, 15) is 18.1 Å². The molecular weight excluding hydrogens is 599 g/mol. The van der Waals surface area contributed by atoms with Gasteiger partial charge in [-0.15, -0.1) is 0 Å². The summed E-state index contributed by atoms with van der Waals surface area (Å²) in [5.41, 5.74) is 0.848. The number of halogens is 2. The van der Waals surface area contributed by atoms with E-state index in [-0.39, 0.29) is 18.7 Å². The van der Waals surface area contributed by atoms with Crippen molar-refractivity contribution in [2.75, 3.05) is 43.5 Å². The zero-order valence-corrected chi connectivity index (χ0v) is 24.9. The number of carbonyl (C=O) groups excluding carboxylic acids is 1. The Morgan fingerprint density at radius 1 is 1.07 bits per heavy atom. The lowest BCUT2D eigenvalue weighted by molar-refractivity contribution is -0.115. The van der Waals surface area contributed by atoms with Crippen molar-refractivity contribution in [3.05, 3.63) is 66.1 Å². The van der Waals surface area contributed by atoms with E-state index in [1.807, 2.05) is 19.1 Å². The number of ether oxygens (including phenoxy) is 1. The molecule has 5 N–H and O–H groups in total. The molecule has 2 aromatic heterocycles. The molecule has 2 aromatic carbocycles. The number of nitrogens with zero attached hydrogens (tertiary/aromatic N) is 4. The summed E-state index contributed by atoms with van der Waals surface area (Å²) in [5.74, 6) is -1.19. The molecule has 0 saturated heterocycles. The Labute approximate surface area is 252 Å². The van der Waals surface area contributed by atoms with Crippen LogP contribution in [0, 0.1) is 11.6 Å². The van der Waals surface area contributed by atoms with Gasteiger partial charge in [0.25, 0.3) is 0 Å². The molecule has 1 amide bonds. The number of amides is 1. The molecule has 0 aliphatic rings. The Hall–Kier alpha value is -4.01. The van der Waals surface area contributed by atoms with Crippen molar-refractivity contribution in [1.29, 1.82) is 0 Å². The highest BCUT2D eigenvalue weighted by atomic mass is 31.2. The van der Waals surface area contributed by atoms with Gasteiger partial charge in [-0.25, -0.2) is 23.3 Å². The standard InChI is InChI=1S/C28H34F2N7O6P/c1-2-10-37(12-14-43-44(39,40)41)11-3-4-13-42-20-8-9-21-24(17-20)31-18-32-28(21)34-25-15-19(35-36-25)16-26(38)33-23-7-5-6-22(29)27(23)30/h5-9,15,17-18H,2-4,10-14,16H2,1H3,(H,33,38)(H2,39,40,41)(H2,31,32,34,35,36). The van der Waals surface area contributed by atoms with Gasteiger partial charge in [0.05, 0.1) is 30.8 Å². The Kier molecular flexibility index (Phi) is 11.7. The van der Waals surface area contributed by atoms with Crippen molar-refractivity contribution in [3.8, 4) is 5.75 Å². The summed E-state index contributed by atoms with van der Waals surface area (Å²) in [6.45, 7) is 4.49. The van der Waals surface area contributed by atoms with Crippen molar-refractivity contribution < 1.29 is 37.2 Å². The zero-order chi connectivity index (χ0) is 31.5. The van der Waals surface area contributed by atoms with Gasteiger partial charge in [-0.1, -0.05) is 13.0 Å². The largest absolute Gasteiger partial charge is 0.494 e. The van der Waals surface area contributed by atoms with E-state index in [1.54, 1.807) is 12.1 Å². The fourth-order valence-corrected chi connectivity index (χ4v) is 4.72. The van der Waals surface area contributed by atoms with E-state index < -0.39 is 25.4 Å². The van der Waals surface area contributed by atoms with Crippen molar-refractivity contribution in [2.45, 2.75) is 32.6 Å². The molecule has 0 saturated carbocycles. The molecule has 0 fully saturated rings. The van der Waals surface area contributed by atoms with Crippen LogP contribution in [0.25, 0.3) is 10.9 Å². The SMILES string of the molecule is CCCN(CCCCOc1ccc2c(Nc3cc(CC(=O)Nc4cccc(F)c4F)[nH]n3)ncnc2c1)CCOP(=O)(O)O. The normalized spacial score (nSPS) is 11.7. The molecular formula is C28H34F2N7O6P. The van der Waals surface area contributed by atoms with Crippen LogP contribution in [0.15, 0.2) is 48.8 Å². The zero-order valence-electron chi connectivity index (χ0n) is 24.0. The van der Waals surface area contributed by atoms with Crippen LogP contribution in [0.5, 0.6) is 5.75 Å². The van der Waals surface area contributed by atoms with Gasteiger partial charge in [-0.3, -0.25) is 14.4 Å². The van der Waals surface area contributed by atoms with Crippen LogP contribution in [0.3, 0.4) is 0 Å². The first kappa shape index (κ1) is 32.9. The molecule has 0 atom stereocenters. The van der Waals surface area contributed by atoms with Gasteiger partial charge in [0.15, 0.2) is 17.5 Å². The molecule has 0 aliphatic heterocycles. The number of fused-ring (bicyclic) bond motifs is 1. The van der Waals surface area contributed by atoms with Gasteiger partial charge in [0.2, 0.25) is 5.91 Å². The second-order valence-electron chi connectivity index (χ2n) is 9.85. The number of hydrogen-bond acceptors (Lipinski definition) is 9. The second-order valence-corrected chi connectivity index (χ2v) is 11.1. The summed E-state index contributed by atoms with van der Waals surface area (Å²) >= 11 is 0. The van der Waals surface area contributed by atoms with Crippen LogP contribution in [0.2, 0.25) is 0 Å². The van der Waals surface area contributed by atoms with Crippen molar-refractivity contribution >= 4 is 42.0 Å². The van der Waals surface area contributed by atoms with Crippen LogP contribution in [-0.4, -0.2) is 73.6 Å². The van der Waals surface area contributed by atoms with Crippen molar-refractivity contribution in [1.82, 2.24) is 25.1 Å². The number of nitrogens with one attached hydrogen (secondary N) is 3. The molecule has 44 heavy (non-hydrogen) atoms. The summed E-state index contributed by atoms with van der Waals surface area (Å²) < 4.78 is 48.6. The van der Waals surface area contributed by atoms with Crippen LogP contribution in [-0.2, 0) is 20.3 Å². The summed E-state index contributed by atoms with van der Waals surface area (Å²) in [4.78, 5) is 40.8.